The third-order valence-corrected chi connectivity index (χ3v) is 14.6. The van der Waals surface area contributed by atoms with Crippen LogP contribution in [0, 0.1) is 6.92 Å². The second-order valence-electron chi connectivity index (χ2n) is 24.4. The summed E-state index contributed by atoms with van der Waals surface area (Å²) in [6, 6.07) is 33.8. The largest absolute Gasteiger partial charge is 0.440 e. The summed E-state index contributed by atoms with van der Waals surface area (Å²) in [5, 5.41) is 1.21. The van der Waals surface area contributed by atoms with Crippen molar-refractivity contribution in [2.24, 2.45) is 0 Å². The molecule has 3 nitrogen and oxygen atoms in total. The average molecular weight is 809 g/mol. The molecule has 61 heavy (non-hydrogen) atoms. The van der Waals surface area contributed by atoms with Gasteiger partial charge in [0.05, 0.1) is 0 Å². The van der Waals surface area contributed by atoms with Crippen molar-refractivity contribution in [1.82, 2.24) is 0 Å². The van der Waals surface area contributed by atoms with E-state index in [4.69, 9.17) is 4.42 Å². The highest BCUT2D eigenvalue weighted by atomic mass is 16.4. The minimum Gasteiger partial charge on any atom is -0.440 e. The van der Waals surface area contributed by atoms with Crippen LogP contribution in [0.5, 0.6) is 0 Å². The van der Waals surface area contributed by atoms with Gasteiger partial charge in [0.2, 0.25) is 5.88 Å². The van der Waals surface area contributed by atoms with Crippen LogP contribution in [0.2, 0.25) is 0 Å². The Labute approximate surface area is 368 Å². The first-order valence-electron chi connectivity index (χ1n) is 22.9. The lowest BCUT2D eigenvalue weighted by Gasteiger charge is -2.47. The Morgan fingerprint density at radius 2 is 1.00 bits per heavy atom. The molecule has 3 aliphatic rings. The molecule has 0 unspecified atom stereocenters. The van der Waals surface area contributed by atoms with Crippen molar-refractivity contribution < 1.29 is 4.42 Å². The van der Waals surface area contributed by atoms with Crippen LogP contribution in [0.15, 0.2) is 89.3 Å². The Hall–Kier alpha value is -4.70. The normalized spacial score (nSPS) is 17.0. The smallest absolute Gasteiger partial charge is 0.257 e. The van der Waals surface area contributed by atoms with Gasteiger partial charge in [-0.25, -0.2) is 0 Å². The topological polar surface area (TPSA) is 19.6 Å². The van der Waals surface area contributed by atoms with Crippen molar-refractivity contribution in [2.75, 3.05) is 9.80 Å². The van der Waals surface area contributed by atoms with Gasteiger partial charge in [-0.05, 0) is 157 Å². The molecule has 0 bridgehead atoms. The Bertz CT molecular complexity index is 2720. The van der Waals surface area contributed by atoms with Crippen molar-refractivity contribution >= 4 is 68.4 Å². The van der Waals surface area contributed by atoms with Crippen molar-refractivity contribution in [3.05, 3.63) is 124 Å². The Kier molecular flexibility index (Phi) is 8.99. The van der Waals surface area contributed by atoms with Crippen LogP contribution in [0.1, 0.15) is 163 Å². The SMILES string of the molecule is Cc1cc2c3c(c1)N(c1cc(C(C)(C)C)cc(C(C)(C)C)c1)c1oc4ccc(C(C)(C)C)cc4c1B3c1cc3c(cc1N2c1ccc(C(C)(C)C)cc1)C(C)(C)CCC3(C)C. The lowest BCUT2D eigenvalue weighted by atomic mass is 9.33. The first-order valence-corrected chi connectivity index (χ1v) is 22.9. The van der Waals surface area contributed by atoms with Crippen LogP contribution in [0.25, 0.3) is 11.0 Å². The standard InChI is InChI=1S/C57H69BN2O/c1-34-26-46-50-47(27-34)60(40-29-37(54(8,9)10)28-38(30-40)55(11,12)13)51-49(41-31-36(53(5,6)7)20-23-48(41)61-51)58(50)44-32-42-43(57(16,17)25-24-56(42,14)15)33-45(44)59(46)39-21-18-35(19-22-39)52(2,3)4/h18-23,26-33H,24-25H2,1-17H3. The van der Waals surface area contributed by atoms with Gasteiger partial charge in [0, 0.05) is 39.3 Å². The first kappa shape index (κ1) is 41.6. The zero-order valence-electron chi connectivity index (χ0n) is 40.4. The van der Waals surface area contributed by atoms with Gasteiger partial charge < -0.3 is 9.32 Å². The van der Waals surface area contributed by atoms with Crippen molar-refractivity contribution in [2.45, 2.75) is 163 Å². The van der Waals surface area contributed by atoms with Crippen LogP contribution in [0.3, 0.4) is 0 Å². The zero-order chi connectivity index (χ0) is 44.1. The van der Waals surface area contributed by atoms with E-state index in [1.54, 1.807) is 0 Å². The number of rotatable bonds is 2. The molecular weight excluding hydrogens is 739 g/mol. The fourth-order valence-corrected chi connectivity index (χ4v) is 10.4. The number of benzene rings is 5. The quantitative estimate of drug-likeness (QED) is 0.162. The summed E-state index contributed by atoms with van der Waals surface area (Å²) in [7, 11) is 0. The van der Waals surface area contributed by atoms with Gasteiger partial charge in [-0.2, -0.15) is 0 Å². The predicted molar refractivity (Wildman–Crippen MR) is 265 cm³/mol. The van der Waals surface area contributed by atoms with Gasteiger partial charge in [-0.3, -0.25) is 4.90 Å². The van der Waals surface area contributed by atoms with E-state index in [-0.39, 0.29) is 39.2 Å². The number of hydrogen-bond donors (Lipinski definition) is 0. The first-order chi connectivity index (χ1) is 28.1. The second-order valence-corrected chi connectivity index (χ2v) is 24.4. The number of nitrogens with zero attached hydrogens (tertiary/aromatic N) is 2. The van der Waals surface area contributed by atoms with Crippen LogP contribution in [0.4, 0.5) is 34.3 Å². The van der Waals surface area contributed by atoms with Crippen LogP contribution >= 0.6 is 0 Å². The van der Waals surface area contributed by atoms with Gasteiger partial charge in [-0.1, -0.05) is 141 Å². The molecule has 1 aromatic heterocycles. The van der Waals surface area contributed by atoms with E-state index in [1.807, 2.05) is 0 Å². The number of furan rings is 1. The Balaban J connectivity index is 1.45. The highest BCUT2D eigenvalue weighted by molar-refractivity contribution is 7.01. The number of hydrogen-bond acceptors (Lipinski definition) is 3. The number of aryl methyl sites for hydroxylation is 1. The molecule has 0 atom stereocenters. The van der Waals surface area contributed by atoms with Crippen molar-refractivity contribution in [3.63, 3.8) is 0 Å². The second kappa shape index (κ2) is 13.2. The van der Waals surface area contributed by atoms with E-state index in [0.717, 1.165) is 23.6 Å². The fraction of sp³-hybridized carbons (Fsp3) is 0.439. The summed E-state index contributed by atoms with van der Waals surface area (Å²) in [5.74, 6) is 0.937. The molecule has 1 aliphatic carbocycles. The van der Waals surface area contributed by atoms with E-state index >= 15 is 0 Å². The monoisotopic (exact) mass is 809 g/mol. The molecule has 2 aliphatic heterocycles. The van der Waals surface area contributed by atoms with Crippen LogP contribution < -0.4 is 26.2 Å². The third-order valence-electron chi connectivity index (χ3n) is 14.6. The molecule has 0 N–H and O–H groups in total. The molecule has 6 aromatic rings. The van der Waals surface area contributed by atoms with Crippen LogP contribution in [-0.2, 0) is 32.5 Å². The molecule has 316 valence electrons. The molecule has 3 heterocycles. The maximum atomic E-state index is 7.34. The summed E-state index contributed by atoms with van der Waals surface area (Å²) >= 11 is 0. The van der Waals surface area contributed by atoms with Gasteiger partial charge in [-0.15, -0.1) is 0 Å². The lowest BCUT2D eigenvalue weighted by molar-refractivity contribution is 0.332. The van der Waals surface area contributed by atoms with Gasteiger partial charge in [0.1, 0.15) is 5.58 Å². The summed E-state index contributed by atoms with van der Waals surface area (Å²) < 4.78 is 7.34. The van der Waals surface area contributed by atoms with E-state index < -0.39 is 0 Å². The summed E-state index contributed by atoms with van der Waals surface area (Å²) in [4.78, 5) is 5.11. The number of fused-ring (bicyclic) bond motifs is 7. The third kappa shape index (κ3) is 6.69. The zero-order valence-corrected chi connectivity index (χ0v) is 40.4. The average Bonchev–Trinajstić information content (AvgIpc) is 3.53. The minimum absolute atomic E-state index is 0.0231. The Morgan fingerprint density at radius 1 is 0.492 bits per heavy atom. The fourth-order valence-electron chi connectivity index (χ4n) is 10.4. The molecule has 0 amide bonds. The maximum Gasteiger partial charge on any atom is 0.257 e. The molecular formula is C57H69BN2O. The summed E-state index contributed by atoms with van der Waals surface area (Å²) in [6.07, 6.45) is 2.33. The Morgan fingerprint density at radius 3 is 1.54 bits per heavy atom. The minimum atomic E-state index is -0.0483. The number of anilines is 6. The molecule has 9 rings (SSSR count). The van der Waals surface area contributed by atoms with Gasteiger partial charge >= 0.3 is 0 Å². The molecule has 0 saturated heterocycles. The van der Waals surface area contributed by atoms with E-state index in [0.29, 0.717) is 0 Å². The molecule has 0 saturated carbocycles. The molecule has 4 heteroatoms. The van der Waals surface area contributed by atoms with E-state index in [1.165, 1.54) is 89.9 Å². The van der Waals surface area contributed by atoms with Gasteiger partial charge in [0.25, 0.3) is 6.71 Å². The molecule has 5 aromatic carbocycles. The predicted octanol–water partition coefficient (Wildman–Crippen LogP) is 14.4. The molecule has 0 radical (unpaired) electrons. The highest BCUT2D eigenvalue weighted by Crippen LogP contribution is 2.52. The van der Waals surface area contributed by atoms with E-state index in [2.05, 4.69) is 212 Å². The highest BCUT2D eigenvalue weighted by Gasteiger charge is 2.49. The lowest BCUT2D eigenvalue weighted by Crippen LogP contribution is -2.61. The maximum absolute atomic E-state index is 7.34. The summed E-state index contributed by atoms with van der Waals surface area (Å²) in [6.45, 7) is 40.0. The van der Waals surface area contributed by atoms with E-state index in [9.17, 15) is 0 Å². The summed E-state index contributed by atoms with van der Waals surface area (Å²) in [5.41, 5.74) is 20.6. The van der Waals surface area contributed by atoms with Crippen molar-refractivity contribution in [3.8, 4) is 0 Å². The van der Waals surface area contributed by atoms with Gasteiger partial charge in [0.15, 0.2) is 0 Å². The van der Waals surface area contributed by atoms with Crippen molar-refractivity contribution in [1.29, 1.82) is 0 Å². The molecule has 0 spiro atoms. The van der Waals surface area contributed by atoms with Crippen LogP contribution in [-0.4, -0.2) is 6.71 Å². The molecule has 0 fully saturated rings.